The maximum Gasteiger partial charge on any atom is 0.416 e. The fraction of sp³-hybridized carbons (Fsp3) is 0.250. The van der Waals surface area contributed by atoms with Gasteiger partial charge in [-0.15, -0.1) is 0 Å². The normalized spacial score (nSPS) is 12.0. The van der Waals surface area contributed by atoms with Gasteiger partial charge in [-0.1, -0.05) is 23.4 Å². The molecule has 0 radical (unpaired) electrons. The van der Waals surface area contributed by atoms with Gasteiger partial charge >= 0.3 is 12.4 Å². The number of nitrogens with one attached hydrogen (secondary N) is 2. The molecule has 2 N–H and O–H groups in total. The minimum absolute atomic E-state index is 0.0116. The Morgan fingerprint density at radius 1 is 1.06 bits per heavy atom. The van der Waals surface area contributed by atoms with Gasteiger partial charge in [0.05, 0.1) is 12.1 Å². The molecular weight excluding hydrogens is 442 g/mol. The molecule has 1 aromatic heterocycles. The number of rotatable bonds is 6. The van der Waals surface area contributed by atoms with Crippen molar-refractivity contribution in [3.63, 3.8) is 0 Å². The van der Waals surface area contributed by atoms with Crippen molar-refractivity contribution in [2.24, 2.45) is 0 Å². The van der Waals surface area contributed by atoms with Crippen LogP contribution in [0.25, 0.3) is 11.4 Å². The second-order valence-electron chi connectivity index (χ2n) is 6.77. The van der Waals surface area contributed by atoms with E-state index in [1.165, 1.54) is 24.3 Å². The highest BCUT2D eigenvalue weighted by Gasteiger charge is 2.31. The van der Waals surface area contributed by atoms with Gasteiger partial charge in [0.25, 0.3) is 5.91 Å². The second kappa shape index (κ2) is 8.89. The van der Waals surface area contributed by atoms with Crippen molar-refractivity contribution in [3.8, 4) is 11.4 Å². The lowest BCUT2D eigenvalue weighted by molar-refractivity contribution is -0.137. The van der Waals surface area contributed by atoms with Crippen LogP contribution in [0, 0.1) is 6.92 Å². The molecule has 3 aromatic rings. The fourth-order valence-electron chi connectivity index (χ4n) is 2.69. The van der Waals surface area contributed by atoms with Crippen molar-refractivity contribution in [2.45, 2.75) is 25.8 Å². The zero-order valence-electron chi connectivity index (χ0n) is 16.4. The van der Waals surface area contributed by atoms with E-state index in [0.717, 1.165) is 12.1 Å². The number of nitrogens with zero attached hydrogens (tertiary/aromatic N) is 2. The van der Waals surface area contributed by atoms with Crippen LogP contribution < -0.4 is 10.6 Å². The molecule has 0 atom stereocenters. The Bertz CT molecular complexity index is 1110. The molecule has 1 heterocycles. The largest absolute Gasteiger partial charge is 0.416 e. The Balaban J connectivity index is 1.69. The molecule has 0 saturated heterocycles. The summed E-state index contributed by atoms with van der Waals surface area (Å²) in [4.78, 5) is 16.0. The molecule has 3 rings (SSSR count). The standard InChI is InChI=1S/C20H16F6N4O2/c1-11-5-6-13(18(31)28-10-19(21,22)23)8-15(11)27-9-16-29-17(30-32-16)12-3-2-4-14(7-12)20(24,25)26/h2-8,27H,9-10H2,1H3,(H,28,31). The Kier molecular flexibility index (Phi) is 6.42. The summed E-state index contributed by atoms with van der Waals surface area (Å²) in [6.07, 6.45) is -9.05. The lowest BCUT2D eigenvalue weighted by Crippen LogP contribution is -2.33. The molecule has 0 bridgehead atoms. The van der Waals surface area contributed by atoms with Gasteiger partial charge in [0, 0.05) is 16.8 Å². The molecule has 6 nitrogen and oxygen atoms in total. The summed E-state index contributed by atoms with van der Waals surface area (Å²) < 4.78 is 80.5. The lowest BCUT2D eigenvalue weighted by atomic mass is 10.1. The number of carbonyl (C=O) groups is 1. The summed E-state index contributed by atoms with van der Waals surface area (Å²) in [5.41, 5.74) is 0.404. The average molecular weight is 458 g/mol. The van der Waals surface area contributed by atoms with Crippen LogP contribution in [0.1, 0.15) is 27.4 Å². The molecule has 0 spiro atoms. The molecule has 0 fully saturated rings. The molecule has 0 unspecified atom stereocenters. The zero-order valence-corrected chi connectivity index (χ0v) is 16.4. The number of amides is 1. The van der Waals surface area contributed by atoms with Crippen LogP contribution in [0.15, 0.2) is 47.0 Å². The van der Waals surface area contributed by atoms with Crippen molar-refractivity contribution in [1.29, 1.82) is 0 Å². The maximum atomic E-state index is 12.9. The van der Waals surface area contributed by atoms with Crippen LogP contribution in [0.4, 0.5) is 32.0 Å². The van der Waals surface area contributed by atoms with E-state index in [2.05, 4.69) is 15.5 Å². The number of carbonyl (C=O) groups excluding carboxylic acids is 1. The number of hydrogen-bond acceptors (Lipinski definition) is 5. The number of halogens is 6. The first-order valence-corrected chi connectivity index (χ1v) is 9.12. The van der Waals surface area contributed by atoms with Crippen LogP contribution in [-0.4, -0.2) is 28.8 Å². The first-order chi connectivity index (χ1) is 14.9. The number of anilines is 1. The summed E-state index contributed by atoms with van der Waals surface area (Å²) in [6, 6.07) is 8.75. The summed E-state index contributed by atoms with van der Waals surface area (Å²) in [7, 11) is 0. The summed E-state index contributed by atoms with van der Waals surface area (Å²) in [6.45, 7) is 0.227. The van der Waals surface area contributed by atoms with Gasteiger partial charge in [0.2, 0.25) is 11.7 Å². The van der Waals surface area contributed by atoms with Crippen LogP contribution in [0.5, 0.6) is 0 Å². The third-order valence-electron chi connectivity index (χ3n) is 4.30. The van der Waals surface area contributed by atoms with Crippen LogP contribution in [0.2, 0.25) is 0 Å². The minimum Gasteiger partial charge on any atom is -0.376 e. The molecule has 12 heteroatoms. The number of alkyl halides is 6. The van der Waals surface area contributed by atoms with Crippen LogP contribution in [-0.2, 0) is 12.7 Å². The monoisotopic (exact) mass is 458 g/mol. The van der Waals surface area contributed by atoms with Gasteiger partial charge in [-0.25, -0.2) is 0 Å². The van der Waals surface area contributed by atoms with Crippen molar-refractivity contribution in [2.75, 3.05) is 11.9 Å². The van der Waals surface area contributed by atoms with E-state index in [-0.39, 0.29) is 29.4 Å². The number of benzene rings is 2. The van der Waals surface area contributed by atoms with E-state index in [1.54, 1.807) is 18.3 Å². The third-order valence-corrected chi connectivity index (χ3v) is 4.30. The molecule has 0 aliphatic rings. The first kappa shape index (κ1) is 23.1. The van der Waals surface area contributed by atoms with Crippen molar-refractivity contribution >= 4 is 11.6 Å². The fourth-order valence-corrected chi connectivity index (χ4v) is 2.69. The van der Waals surface area contributed by atoms with Gasteiger partial charge in [-0.2, -0.15) is 31.3 Å². The van der Waals surface area contributed by atoms with E-state index in [0.29, 0.717) is 11.3 Å². The predicted octanol–water partition coefficient (Wildman–Crippen LogP) is 4.97. The SMILES string of the molecule is Cc1ccc(C(=O)NCC(F)(F)F)cc1NCc1nc(-c2cccc(C(F)(F)F)c2)no1. The highest BCUT2D eigenvalue weighted by molar-refractivity contribution is 5.95. The van der Waals surface area contributed by atoms with Crippen LogP contribution in [0.3, 0.4) is 0 Å². The number of aromatic nitrogens is 2. The van der Waals surface area contributed by atoms with E-state index in [1.807, 2.05) is 0 Å². The van der Waals surface area contributed by atoms with E-state index in [4.69, 9.17) is 4.52 Å². The molecular formula is C20H16F6N4O2. The summed E-state index contributed by atoms with van der Waals surface area (Å²) in [5, 5.41) is 8.38. The average Bonchev–Trinajstić information content (AvgIpc) is 3.19. The van der Waals surface area contributed by atoms with Crippen molar-refractivity contribution in [1.82, 2.24) is 15.5 Å². The topological polar surface area (TPSA) is 80.0 Å². The molecule has 0 saturated carbocycles. The first-order valence-electron chi connectivity index (χ1n) is 9.12. The van der Waals surface area contributed by atoms with Gasteiger partial charge in [-0.3, -0.25) is 4.79 Å². The molecule has 2 aromatic carbocycles. The molecule has 1 amide bonds. The maximum absolute atomic E-state index is 12.9. The Labute approximate surface area is 177 Å². The second-order valence-corrected chi connectivity index (χ2v) is 6.77. The zero-order chi connectivity index (χ0) is 23.5. The molecule has 0 aliphatic carbocycles. The highest BCUT2D eigenvalue weighted by atomic mass is 19.4. The lowest BCUT2D eigenvalue weighted by Gasteiger charge is -2.11. The molecule has 32 heavy (non-hydrogen) atoms. The van der Waals surface area contributed by atoms with Gasteiger partial charge in [0.1, 0.15) is 6.54 Å². The Hall–Kier alpha value is -3.57. The van der Waals surface area contributed by atoms with Crippen molar-refractivity contribution < 1.29 is 35.7 Å². The number of aryl methyl sites for hydroxylation is 1. The Morgan fingerprint density at radius 2 is 1.81 bits per heavy atom. The van der Waals surface area contributed by atoms with Gasteiger partial charge in [-0.05, 0) is 36.8 Å². The molecule has 0 aliphatic heterocycles. The van der Waals surface area contributed by atoms with Gasteiger partial charge < -0.3 is 15.2 Å². The van der Waals surface area contributed by atoms with E-state index < -0.39 is 30.4 Å². The van der Waals surface area contributed by atoms with Crippen LogP contribution >= 0.6 is 0 Å². The number of hydrogen-bond donors (Lipinski definition) is 2. The summed E-state index contributed by atoms with van der Waals surface area (Å²) in [5.74, 6) is -0.872. The smallest absolute Gasteiger partial charge is 0.376 e. The Morgan fingerprint density at radius 3 is 2.50 bits per heavy atom. The van der Waals surface area contributed by atoms with Crippen molar-refractivity contribution in [3.05, 3.63) is 65.0 Å². The quantitative estimate of drug-likeness (QED) is 0.510. The van der Waals surface area contributed by atoms with E-state index in [9.17, 15) is 31.1 Å². The minimum atomic E-state index is -4.53. The van der Waals surface area contributed by atoms with Gasteiger partial charge in [0.15, 0.2) is 0 Å². The highest BCUT2D eigenvalue weighted by Crippen LogP contribution is 2.31. The summed E-state index contributed by atoms with van der Waals surface area (Å²) >= 11 is 0. The predicted molar refractivity (Wildman–Crippen MR) is 102 cm³/mol. The molecule has 170 valence electrons. The third kappa shape index (κ3) is 5.99. The van der Waals surface area contributed by atoms with E-state index >= 15 is 0 Å².